The van der Waals surface area contributed by atoms with Crippen molar-refractivity contribution in [2.45, 2.75) is 33.1 Å². The summed E-state index contributed by atoms with van der Waals surface area (Å²) in [5.74, 6) is 0.780. The van der Waals surface area contributed by atoms with Crippen molar-refractivity contribution in [1.82, 2.24) is 15.0 Å². The quantitative estimate of drug-likeness (QED) is 0.818. The fraction of sp³-hybridized carbons (Fsp3) is 0.400. The molecule has 0 fully saturated rings. The maximum atomic E-state index is 5.63. The van der Waals surface area contributed by atoms with Crippen molar-refractivity contribution in [2.75, 3.05) is 6.61 Å². The summed E-state index contributed by atoms with van der Waals surface area (Å²) in [5, 5.41) is 0. The molecule has 2 rings (SSSR count). The van der Waals surface area contributed by atoms with Gasteiger partial charge in [0, 0.05) is 17.3 Å². The molecule has 0 saturated heterocycles. The monoisotopic (exact) mass is 289 g/mol. The van der Waals surface area contributed by atoms with Crippen molar-refractivity contribution in [1.29, 1.82) is 0 Å². The molecule has 2 aromatic rings. The van der Waals surface area contributed by atoms with Crippen LogP contribution < -0.4 is 4.74 Å². The molecule has 4 nitrogen and oxygen atoms in total. The van der Waals surface area contributed by atoms with E-state index in [4.69, 9.17) is 17.0 Å². The van der Waals surface area contributed by atoms with Crippen LogP contribution in [0.25, 0.3) is 11.3 Å². The van der Waals surface area contributed by atoms with E-state index in [9.17, 15) is 0 Å². The summed E-state index contributed by atoms with van der Waals surface area (Å²) in [5.41, 5.74) is 3.04. The maximum Gasteiger partial charge on any atom is 0.138 e. The molecular formula is C15H19N3OS. The maximum absolute atomic E-state index is 5.63. The van der Waals surface area contributed by atoms with Crippen LogP contribution in [0.1, 0.15) is 32.3 Å². The third-order valence-corrected chi connectivity index (χ3v) is 3.28. The minimum Gasteiger partial charge on any atom is -0.492 e. The smallest absolute Gasteiger partial charge is 0.138 e. The Hall–Kier alpha value is -1.75. The first-order valence-corrected chi connectivity index (χ1v) is 7.31. The molecule has 0 radical (unpaired) electrons. The molecule has 106 valence electrons. The van der Waals surface area contributed by atoms with Gasteiger partial charge in [0.1, 0.15) is 10.4 Å². The predicted molar refractivity (Wildman–Crippen MR) is 82.4 cm³/mol. The lowest BCUT2D eigenvalue weighted by Gasteiger charge is -2.10. The van der Waals surface area contributed by atoms with Crippen LogP contribution in [0.3, 0.4) is 0 Å². The molecule has 0 spiro atoms. The second-order valence-electron chi connectivity index (χ2n) is 4.57. The number of nitrogens with one attached hydrogen (secondary N) is 1. The normalized spacial score (nSPS) is 10.5. The van der Waals surface area contributed by atoms with Gasteiger partial charge in [0.2, 0.25) is 0 Å². The predicted octanol–water partition coefficient (Wildman–Crippen LogP) is 3.94. The Labute approximate surface area is 124 Å². The van der Waals surface area contributed by atoms with Crippen LogP contribution in [0.15, 0.2) is 24.8 Å². The zero-order valence-electron chi connectivity index (χ0n) is 11.8. The molecule has 0 amide bonds. The van der Waals surface area contributed by atoms with Crippen LogP contribution in [0.4, 0.5) is 0 Å². The number of ether oxygens (including phenoxy) is 1. The summed E-state index contributed by atoms with van der Waals surface area (Å²) >= 11 is 5.33. The van der Waals surface area contributed by atoms with Crippen molar-refractivity contribution < 1.29 is 4.74 Å². The summed E-state index contributed by atoms with van der Waals surface area (Å²) < 4.78 is 6.28. The zero-order chi connectivity index (χ0) is 14.4. The average Bonchev–Trinajstić information content (AvgIpc) is 2.48. The Balaban J connectivity index is 2.40. The Bertz CT molecular complexity index is 625. The molecule has 0 bridgehead atoms. The molecule has 0 aliphatic carbocycles. The molecule has 5 heteroatoms. The second-order valence-corrected chi connectivity index (χ2v) is 4.96. The summed E-state index contributed by atoms with van der Waals surface area (Å²) in [7, 11) is 0. The third-order valence-electron chi connectivity index (χ3n) is 2.93. The van der Waals surface area contributed by atoms with Gasteiger partial charge in [0.05, 0.1) is 24.8 Å². The Kier molecular flexibility index (Phi) is 5.24. The number of hydrogen-bond acceptors (Lipinski definition) is 4. The van der Waals surface area contributed by atoms with E-state index in [1.54, 1.807) is 12.5 Å². The fourth-order valence-electron chi connectivity index (χ4n) is 2.02. The van der Waals surface area contributed by atoms with Gasteiger partial charge in [-0.15, -0.1) is 0 Å². The van der Waals surface area contributed by atoms with Crippen molar-refractivity contribution in [3.05, 3.63) is 35.0 Å². The first-order valence-electron chi connectivity index (χ1n) is 6.91. The van der Waals surface area contributed by atoms with Crippen molar-refractivity contribution in [3.8, 4) is 17.0 Å². The molecule has 0 aliphatic heterocycles. The largest absolute Gasteiger partial charge is 0.492 e. The van der Waals surface area contributed by atoms with Gasteiger partial charge in [-0.2, -0.15) is 0 Å². The van der Waals surface area contributed by atoms with Crippen LogP contribution >= 0.6 is 12.2 Å². The number of rotatable bonds is 6. The zero-order valence-corrected chi connectivity index (χ0v) is 12.7. The molecule has 0 aromatic carbocycles. The number of hydrogen-bond donors (Lipinski definition) is 1. The minimum absolute atomic E-state index is 0.653. The number of H-pyrrole nitrogens is 1. The highest BCUT2D eigenvalue weighted by molar-refractivity contribution is 7.71. The first-order chi connectivity index (χ1) is 9.76. The minimum atomic E-state index is 0.653. The molecule has 1 N–H and O–H groups in total. The molecule has 0 atom stereocenters. The van der Waals surface area contributed by atoms with Gasteiger partial charge in [-0.25, -0.2) is 4.98 Å². The molecule has 0 saturated carbocycles. The third kappa shape index (κ3) is 3.42. The lowest BCUT2D eigenvalue weighted by atomic mass is 10.1. The Morgan fingerprint density at radius 2 is 2.10 bits per heavy atom. The fourth-order valence-corrected chi connectivity index (χ4v) is 2.28. The van der Waals surface area contributed by atoms with Gasteiger partial charge in [-0.1, -0.05) is 32.5 Å². The lowest BCUT2D eigenvalue weighted by Crippen LogP contribution is -1.99. The summed E-state index contributed by atoms with van der Waals surface area (Å²) in [4.78, 5) is 11.6. The lowest BCUT2D eigenvalue weighted by molar-refractivity contribution is 0.316. The highest BCUT2D eigenvalue weighted by Crippen LogP contribution is 2.25. The topological polar surface area (TPSA) is 50.8 Å². The highest BCUT2D eigenvalue weighted by atomic mass is 32.1. The molecule has 20 heavy (non-hydrogen) atoms. The van der Waals surface area contributed by atoms with Crippen LogP contribution in [0, 0.1) is 4.64 Å². The van der Waals surface area contributed by atoms with Gasteiger partial charge < -0.3 is 9.72 Å². The average molecular weight is 289 g/mol. The molecule has 2 aromatic heterocycles. The summed E-state index contributed by atoms with van der Waals surface area (Å²) in [6.45, 7) is 4.90. The number of pyridine rings is 1. The highest BCUT2D eigenvalue weighted by Gasteiger charge is 2.09. The van der Waals surface area contributed by atoms with E-state index in [0.29, 0.717) is 11.2 Å². The van der Waals surface area contributed by atoms with E-state index >= 15 is 0 Å². The van der Waals surface area contributed by atoms with Crippen LogP contribution in [0.2, 0.25) is 0 Å². The van der Waals surface area contributed by atoms with Crippen molar-refractivity contribution in [2.24, 2.45) is 0 Å². The number of aromatic amines is 1. The summed E-state index contributed by atoms with van der Waals surface area (Å²) in [6.07, 6.45) is 8.08. The van der Waals surface area contributed by atoms with E-state index in [2.05, 4.69) is 28.8 Å². The van der Waals surface area contributed by atoms with Crippen LogP contribution in [-0.2, 0) is 6.42 Å². The number of nitrogens with zero attached hydrogens (tertiary/aromatic N) is 2. The van der Waals surface area contributed by atoms with Crippen molar-refractivity contribution in [3.63, 3.8) is 0 Å². The molecule has 2 heterocycles. The standard InChI is InChI=1S/C15H19N3OS/c1-3-5-13-14(17-10-18-15(13)20)11-7-12(9-16-8-11)19-6-4-2/h7-10H,3-6H2,1-2H3,(H,17,18,20). The van der Waals surface area contributed by atoms with Crippen molar-refractivity contribution >= 4 is 12.2 Å². The Morgan fingerprint density at radius 3 is 2.85 bits per heavy atom. The van der Waals surface area contributed by atoms with Gasteiger partial charge >= 0.3 is 0 Å². The molecule has 0 aliphatic rings. The van der Waals surface area contributed by atoms with Gasteiger partial charge in [0.25, 0.3) is 0 Å². The van der Waals surface area contributed by atoms with Gasteiger partial charge in [-0.05, 0) is 18.9 Å². The SMILES string of the molecule is CCCOc1cncc(-c2[nH]cnc(=S)c2CCC)c1. The van der Waals surface area contributed by atoms with E-state index in [0.717, 1.165) is 41.8 Å². The first kappa shape index (κ1) is 14.7. The van der Waals surface area contributed by atoms with E-state index in [-0.39, 0.29) is 0 Å². The van der Waals surface area contributed by atoms with Crippen LogP contribution in [-0.4, -0.2) is 21.6 Å². The molecule has 0 unspecified atom stereocenters. The van der Waals surface area contributed by atoms with E-state index in [1.807, 2.05) is 12.3 Å². The second kappa shape index (κ2) is 7.14. The van der Waals surface area contributed by atoms with Gasteiger partial charge in [0.15, 0.2) is 0 Å². The Morgan fingerprint density at radius 1 is 1.25 bits per heavy atom. The molecular weight excluding hydrogens is 270 g/mol. The van der Waals surface area contributed by atoms with Gasteiger partial charge in [-0.3, -0.25) is 4.98 Å². The summed E-state index contributed by atoms with van der Waals surface area (Å²) in [6, 6.07) is 1.99. The number of aromatic nitrogens is 3. The van der Waals surface area contributed by atoms with E-state index in [1.165, 1.54) is 0 Å². The van der Waals surface area contributed by atoms with E-state index < -0.39 is 0 Å². The van der Waals surface area contributed by atoms with Crippen LogP contribution in [0.5, 0.6) is 5.75 Å².